The van der Waals surface area contributed by atoms with Crippen molar-refractivity contribution in [1.82, 2.24) is 15.5 Å². The second-order valence-electron chi connectivity index (χ2n) is 16.5. The minimum atomic E-state index is -1.04. The van der Waals surface area contributed by atoms with Crippen LogP contribution in [-0.2, 0) is 28.8 Å². The predicted octanol–water partition coefficient (Wildman–Crippen LogP) is 4.89. The van der Waals surface area contributed by atoms with E-state index in [0.29, 0.717) is 42.8 Å². The molecule has 3 fully saturated rings. The van der Waals surface area contributed by atoms with E-state index < -0.39 is 58.1 Å². The molecule has 0 bridgehead atoms. The normalized spacial score (nSPS) is 27.7. The average molecular weight is 713 g/mol. The lowest BCUT2D eigenvalue weighted by Gasteiger charge is -2.36. The molecule has 3 amide bonds. The molecule has 2 saturated carbocycles. The Labute approximate surface area is 300 Å². The van der Waals surface area contributed by atoms with Crippen molar-refractivity contribution in [2.24, 2.45) is 22.4 Å². The van der Waals surface area contributed by atoms with Gasteiger partial charge < -0.3 is 25.5 Å². The van der Waals surface area contributed by atoms with E-state index in [1.54, 1.807) is 12.1 Å². The van der Waals surface area contributed by atoms with Crippen LogP contribution in [0.1, 0.15) is 117 Å². The molecule has 1 aromatic rings. The van der Waals surface area contributed by atoms with Crippen molar-refractivity contribution in [2.75, 3.05) is 6.54 Å². The number of carbonyl (C=O) groups is 5. The minimum Gasteiger partial charge on any atom is -0.390 e. The van der Waals surface area contributed by atoms with Crippen molar-refractivity contribution in [3.05, 3.63) is 34.9 Å². The number of Topliss-reactive ketones (excluding diaryl/α,β-unsaturated/α-hetero) is 2. The summed E-state index contributed by atoms with van der Waals surface area (Å²) in [6, 6.07) is 4.23. The Morgan fingerprint density at radius 3 is 2.36 bits per heavy atom. The molecule has 2 aliphatic heterocycles. The summed E-state index contributed by atoms with van der Waals surface area (Å²) in [7, 11) is 0. The van der Waals surface area contributed by atoms with Gasteiger partial charge in [0, 0.05) is 36.3 Å². The summed E-state index contributed by atoms with van der Waals surface area (Å²) in [5.41, 5.74) is -1.05. The van der Waals surface area contributed by atoms with E-state index in [1.807, 2.05) is 46.8 Å². The molecule has 4 aliphatic rings. The summed E-state index contributed by atoms with van der Waals surface area (Å²) in [5.74, 6) is -1.98. The molecule has 2 aliphatic carbocycles. The zero-order valence-electron chi connectivity index (χ0n) is 30.1. The molecule has 4 atom stereocenters. The molecule has 0 unspecified atom stereocenters. The predicted molar refractivity (Wildman–Crippen MR) is 189 cm³/mol. The Balaban J connectivity index is 1.37. The van der Waals surface area contributed by atoms with Crippen LogP contribution in [0.15, 0.2) is 29.4 Å². The second-order valence-corrected chi connectivity index (χ2v) is 16.9. The Morgan fingerprint density at radius 2 is 1.74 bits per heavy atom. The van der Waals surface area contributed by atoms with Gasteiger partial charge in [0.05, 0.1) is 23.9 Å². The molecular formula is C38H53ClN4O7. The minimum absolute atomic E-state index is 0.0324. The maximum atomic E-state index is 14.6. The van der Waals surface area contributed by atoms with Crippen LogP contribution in [0, 0.1) is 17.3 Å². The van der Waals surface area contributed by atoms with Crippen molar-refractivity contribution < 1.29 is 33.9 Å². The van der Waals surface area contributed by atoms with Crippen LogP contribution in [0.5, 0.6) is 0 Å². The van der Waals surface area contributed by atoms with E-state index in [0.717, 1.165) is 31.2 Å². The first-order chi connectivity index (χ1) is 23.5. The highest BCUT2D eigenvalue weighted by molar-refractivity contribution is 6.39. The van der Waals surface area contributed by atoms with Gasteiger partial charge in [-0.05, 0) is 81.3 Å². The maximum absolute atomic E-state index is 14.6. The quantitative estimate of drug-likeness (QED) is 0.246. The number of amides is 3. The molecule has 0 aromatic heterocycles. The van der Waals surface area contributed by atoms with E-state index in [4.69, 9.17) is 16.4 Å². The number of carbonyl (C=O) groups excluding carboxylic acids is 5. The van der Waals surface area contributed by atoms with Crippen LogP contribution in [-0.4, -0.2) is 80.9 Å². The molecule has 12 heteroatoms. The van der Waals surface area contributed by atoms with Crippen molar-refractivity contribution in [2.45, 2.75) is 141 Å². The number of nitrogens with one attached hydrogen (secondary N) is 2. The number of likely N-dealkylation sites (tertiary alicyclic amines) is 1. The summed E-state index contributed by atoms with van der Waals surface area (Å²) in [4.78, 5) is 75.8. The topological polar surface area (TPSA) is 154 Å². The third kappa shape index (κ3) is 9.32. The zero-order valence-corrected chi connectivity index (χ0v) is 30.8. The number of rotatable bonds is 13. The van der Waals surface area contributed by atoms with Gasteiger partial charge in [-0.2, -0.15) is 0 Å². The van der Waals surface area contributed by atoms with Crippen molar-refractivity contribution in [1.29, 1.82) is 0 Å². The van der Waals surface area contributed by atoms with E-state index >= 15 is 0 Å². The number of hydrogen-bond donors (Lipinski definition) is 3. The van der Waals surface area contributed by atoms with Crippen LogP contribution in [0.25, 0.3) is 0 Å². The summed E-state index contributed by atoms with van der Waals surface area (Å²) < 4.78 is 0. The monoisotopic (exact) mass is 712 g/mol. The highest BCUT2D eigenvalue weighted by atomic mass is 35.5. The van der Waals surface area contributed by atoms with Gasteiger partial charge in [-0.15, -0.1) is 0 Å². The average Bonchev–Trinajstić information content (AvgIpc) is 3.64. The van der Waals surface area contributed by atoms with Crippen LogP contribution in [0.4, 0.5) is 0 Å². The number of oxime groups is 1. The Bertz CT molecular complexity index is 1510. The summed E-state index contributed by atoms with van der Waals surface area (Å²) in [5, 5.41) is 21.1. The van der Waals surface area contributed by atoms with Gasteiger partial charge in [0.1, 0.15) is 12.1 Å². The highest BCUT2D eigenvalue weighted by Crippen LogP contribution is 2.41. The van der Waals surface area contributed by atoms with Crippen molar-refractivity contribution >= 4 is 46.6 Å². The number of nitrogens with zero attached hydrogens (tertiary/aromatic N) is 2. The molecule has 11 nitrogen and oxygen atoms in total. The molecule has 1 spiro atoms. The zero-order chi connectivity index (χ0) is 36.4. The van der Waals surface area contributed by atoms with Gasteiger partial charge in [-0.25, -0.2) is 0 Å². The van der Waals surface area contributed by atoms with Gasteiger partial charge in [-0.3, -0.25) is 24.0 Å². The fourth-order valence-electron chi connectivity index (χ4n) is 7.46. The maximum Gasteiger partial charge on any atom is 0.246 e. The van der Waals surface area contributed by atoms with Gasteiger partial charge in [0.15, 0.2) is 5.60 Å². The molecule has 1 saturated heterocycles. The van der Waals surface area contributed by atoms with E-state index in [1.165, 1.54) is 4.90 Å². The van der Waals surface area contributed by atoms with Gasteiger partial charge in [0.2, 0.25) is 29.3 Å². The Morgan fingerprint density at radius 1 is 1.06 bits per heavy atom. The number of aliphatic hydroxyl groups is 1. The first-order valence-electron chi connectivity index (χ1n) is 18.2. The lowest BCUT2D eigenvalue weighted by atomic mass is 9.78. The SMILES string of the molecule is CCC[C@H](NC(=O)[C@@H]1C[C@]2(CC(c3cccc(Cl)c3)=NO2)CN1C(=O)[C@@H](NC(=O)CC1CCC(C)(O)CC1)C(C)(C)C)C(=O)C(=O)CC1CC1. The van der Waals surface area contributed by atoms with Gasteiger partial charge >= 0.3 is 0 Å². The Kier molecular flexibility index (Phi) is 11.5. The summed E-state index contributed by atoms with van der Waals surface area (Å²) in [6.07, 6.45) is 6.25. The highest BCUT2D eigenvalue weighted by Gasteiger charge is 2.55. The van der Waals surface area contributed by atoms with Crippen LogP contribution >= 0.6 is 11.6 Å². The number of hydrogen-bond acceptors (Lipinski definition) is 8. The molecule has 50 heavy (non-hydrogen) atoms. The van der Waals surface area contributed by atoms with Crippen LogP contribution in [0.3, 0.4) is 0 Å². The van der Waals surface area contributed by atoms with Gasteiger partial charge in [-0.1, -0.05) is 63.0 Å². The smallest absolute Gasteiger partial charge is 0.246 e. The van der Waals surface area contributed by atoms with E-state index in [-0.39, 0.29) is 43.6 Å². The molecule has 274 valence electrons. The van der Waals surface area contributed by atoms with Crippen LogP contribution in [0.2, 0.25) is 5.02 Å². The molecule has 3 N–H and O–H groups in total. The summed E-state index contributed by atoms with van der Waals surface area (Å²) in [6.45, 7) is 9.32. The molecule has 0 radical (unpaired) electrons. The third-order valence-corrected chi connectivity index (χ3v) is 10.9. The first-order valence-corrected chi connectivity index (χ1v) is 18.6. The molecule has 1 aromatic carbocycles. The number of halogens is 1. The molecular weight excluding hydrogens is 660 g/mol. The number of ketones is 2. The lowest BCUT2D eigenvalue weighted by Crippen LogP contribution is -2.59. The number of benzene rings is 1. The standard InChI is InChI=1S/C38H53ClN4O7/c1-6-8-27(32(46)30(44)17-23-11-12-23)40-34(47)29-21-38(20-28(42-50-38)25-9-7-10-26(39)19-25)22-43(29)35(48)33(36(2,3)4)41-31(45)18-24-13-15-37(5,49)16-14-24/h7,9-10,19,23-24,27,29,33,49H,6,8,11-18,20-22H2,1-5H3,(H,40,47)(H,41,45)/t24?,27-,29-,33+,37?,38+/m0/s1. The third-order valence-electron chi connectivity index (χ3n) is 10.7. The Hall–Kier alpha value is -3.31. The summed E-state index contributed by atoms with van der Waals surface area (Å²) >= 11 is 6.25. The second kappa shape index (κ2) is 15.1. The van der Waals surface area contributed by atoms with Gasteiger partial charge in [0.25, 0.3) is 0 Å². The first kappa shape index (κ1) is 37.9. The molecule has 2 heterocycles. The molecule has 5 rings (SSSR count). The van der Waals surface area contributed by atoms with Crippen molar-refractivity contribution in [3.63, 3.8) is 0 Å². The van der Waals surface area contributed by atoms with E-state index in [9.17, 15) is 29.1 Å². The fraction of sp³-hybridized carbons (Fsp3) is 0.684. The van der Waals surface area contributed by atoms with E-state index in [2.05, 4.69) is 15.8 Å². The lowest BCUT2D eigenvalue weighted by molar-refractivity contribution is -0.145. The largest absolute Gasteiger partial charge is 0.390 e. The van der Waals surface area contributed by atoms with Crippen LogP contribution < -0.4 is 10.6 Å². The van der Waals surface area contributed by atoms with Crippen molar-refractivity contribution in [3.8, 4) is 0 Å². The fourth-order valence-corrected chi connectivity index (χ4v) is 7.65.